The molecule has 1 saturated heterocycles. The molecular formula is C29H27N5O4. The van der Waals surface area contributed by atoms with Crippen LogP contribution in [0.2, 0.25) is 0 Å². The first-order valence-corrected chi connectivity index (χ1v) is 12.6. The fourth-order valence-electron chi connectivity index (χ4n) is 6.11. The quantitative estimate of drug-likeness (QED) is 0.359. The van der Waals surface area contributed by atoms with E-state index in [2.05, 4.69) is 16.5 Å². The second kappa shape index (κ2) is 9.33. The second-order valence-electron chi connectivity index (χ2n) is 9.89. The van der Waals surface area contributed by atoms with Crippen LogP contribution in [0.4, 0.5) is 5.82 Å². The number of carboxylic acid groups (broad SMARTS) is 1. The molecule has 2 aliphatic rings. The SMILES string of the molecule is C=CC(=O)N1CC2CC(n3c(C(=O)O)c(-c4ccc(Oc5ccccc5)cc4)c4c(N)ncnc43)CC2C1. The van der Waals surface area contributed by atoms with Crippen molar-refractivity contribution in [2.24, 2.45) is 11.8 Å². The van der Waals surface area contributed by atoms with Crippen LogP contribution in [0.3, 0.4) is 0 Å². The van der Waals surface area contributed by atoms with E-state index < -0.39 is 5.97 Å². The molecule has 4 aromatic rings. The second-order valence-corrected chi connectivity index (χ2v) is 9.89. The van der Waals surface area contributed by atoms with Crippen molar-refractivity contribution in [2.75, 3.05) is 18.8 Å². The normalized spacial score (nSPS) is 20.4. The van der Waals surface area contributed by atoms with Crippen molar-refractivity contribution in [2.45, 2.75) is 18.9 Å². The van der Waals surface area contributed by atoms with Gasteiger partial charge in [0.1, 0.15) is 35.0 Å². The Bertz CT molecular complexity index is 1530. The van der Waals surface area contributed by atoms with E-state index in [1.165, 1.54) is 12.4 Å². The Labute approximate surface area is 219 Å². The molecule has 2 aromatic heterocycles. The van der Waals surface area contributed by atoms with Gasteiger partial charge in [0.2, 0.25) is 5.91 Å². The molecule has 1 amide bonds. The molecule has 0 spiro atoms. The molecule has 1 aliphatic heterocycles. The number of hydrogen-bond donors (Lipinski definition) is 2. The number of amides is 1. The van der Waals surface area contributed by atoms with Crippen LogP contribution in [-0.4, -0.2) is 49.5 Å². The van der Waals surface area contributed by atoms with Crippen LogP contribution in [0, 0.1) is 11.8 Å². The molecule has 2 fully saturated rings. The number of carbonyl (C=O) groups is 2. The van der Waals surface area contributed by atoms with Crippen LogP contribution in [0.5, 0.6) is 11.5 Å². The number of nitrogens with two attached hydrogens (primary N) is 1. The molecule has 3 N–H and O–H groups in total. The van der Waals surface area contributed by atoms with E-state index in [0.29, 0.717) is 58.6 Å². The van der Waals surface area contributed by atoms with Crippen LogP contribution in [0.25, 0.3) is 22.2 Å². The number of carboxylic acids is 1. The number of ether oxygens (including phenoxy) is 1. The first kappa shape index (κ1) is 23.7. The minimum absolute atomic E-state index is 0.0592. The third kappa shape index (κ3) is 3.96. The third-order valence-electron chi connectivity index (χ3n) is 7.71. The Balaban J connectivity index is 1.40. The van der Waals surface area contributed by atoms with Gasteiger partial charge >= 0.3 is 5.97 Å². The summed E-state index contributed by atoms with van der Waals surface area (Å²) < 4.78 is 7.75. The van der Waals surface area contributed by atoms with Gasteiger partial charge in [-0.05, 0) is 60.6 Å². The lowest BCUT2D eigenvalue weighted by atomic mass is 10.0. The first-order valence-electron chi connectivity index (χ1n) is 12.6. The number of benzene rings is 2. The summed E-state index contributed by atoms with van der Waals surface area (Å²) in [4.78, 5) is 35.4. The average molecular weight is 510 g/mol. The van der Waals surface area contributed by atoms with Crippen molar-refractivity contribution < 1.29 is 19.4 Å². The topological polar surface area (TPSA) is 124 Å². The van der Waals surface area contributed by atoms with Gasteiger partial charge in [-0.25, -0.2) is 14.8 Å². The van der Waals surface area contributed by atoms with Gasteiger partial charge in [0, 0.05) is 24.7 Å². The fraction of sp³-hybridized carbons (Fsp3) is 0.241. The van der Waals surface area contributed by atoms with Crippen molar-refractivity contribution >= 4 is 28.7 Å². The average Bonchev–Trinajstić information content (AvgIpc) is 3.60. The fourth-order valence-corrected chi connectivity index (χ4v) is 6.11. The van der Waals surface area contributed by atoms with Gasteiger partial charge in [-0.3, -0.25) is 4.79 Å². The highest BCUT2D eigenvalue weighted by atomic mass is 16.5. The van der Waals surface area contributed by atoms with Crippen molar-refractivity contribution in [3.8, 4) is 22.6 Å². The van der Waals surface area contributed by atoms with Gasteiger partial charge in [0.25, 0.3) is 0 Å². The van der Waals surface area contributed by atoms with Crippen LogP contribution < -0.4 is 10.5 Å². The number of aromatic carboxylic acids is 1. The summed E-state index contributed by atoms with van der Waals surface area (Å²) in [5, 5.41) is 11.0. The highest BCUT2D eigenvalue weighted by Gasteiger charge is 2.44. The molecule has 9 nitrogen and oxygen atoms in total. The number of aromatic nitrogens is 3. The van der Waals surface area contributed by atoms with Crippen LogP contribution in [-0.2, 0) is 4.79 Å². The van der Waals surface area contributed by atoms with E-state index in [4.69, 9.17) is 10.5 Å². The standard InChI is InChI=1S/C29H27N5O4/c1-2-23(35)33-14-18-12-20(13-19(18)15-33)34-26(29(36)37)24(25-27(30)31-16-32-28(25)34)17-8-10-22(11-9-17)38-21-6-4-3-5-7-21/h2-11,16,18-20H,1,12-15H2,(H,36,37)(H2,30,31,32). The summed E-state index contributed by atoms with van der Waals surface area (Å²) in [7, 11) is 0. The van der Waals surface area contributed by atoms with E-state index in [1.807, 2.05) is 64.1 Å². The van der Waals surface area contributed by atoms with Crippen LogP contribution in [0.1, 0.15) is 29.4 Å². The van der Waals surface area contributed by atoms with Crippen molar-refractivity contribution in [3.05, 3.63) is 79.3 Å². The monoisotopic (exact) mass is 509 g/mol. The molecule has 1 aliphatic carbocycles. The maximum Gasteiger partial charge on any atom is 0.353 e. The lowest BCUT2D eigenvalue weighted by molar-refractivity contribution is -0.125. The van der Waals surface area contributed by atoms with Gasteiger partial charge in [0.15, 0.2) is 0 Å². The minimum atomic E-state index is -1.05. The van der Waals surface area contributed by atoms with Gasteiger partial charge in [-0.2, -0.15) is 0 Å². The van der Waals surface area contributed by atoms with E-state index in [9.17, 15) is 14.7 Å². The molecule has 2 atom stereocenters. The Morgan fingerprint density at radius 1 is 1.00 bits per heavy atom. The minimum Gasteiger partial charge on any atom is -0.477 e. The predicted octanol–water partition coefficient (Wildman–Crippen LogP) is 4.77. The molecule has 38 heavy (non-hydrogen) atoms. The summed E-state index contributed by atoms with van der Waals surface area (Å²) in [6.45, 7) is 4.90. The van der Waals surface area contributed by atoms with E-state index >= 15 is 0 Å². The maximum absolute atomic E-state index is 12.8. The zero-order valence-electron chi connectivity index (χ0n) is 20.7. The van der Waals surface area contributed by atoms with Crippen LogP contribution >= 0.6 is 0 Å². The van der Waals surface area contributed by atoms with E-state index in [0.717, 1.165) is 12.8 Å². The van der Waals surface area contributed by atoms with Gasteiger partial charge in [-0.1, -0.05) is 36.9 Å². The first-order chi connectivity index (χ1) is 18.4. The Morgan fingerprint density at radius 2 is 1.66 bits per heavy atom. The molecule has 2 aromatic carbocycles. The zero-order chi connectivity index (χ0) is 26.4. The molecule has 0 radical (unpaired) electrons. The summed E-state index contributed by atoms with van der Waals surface area (Å²) in [6.07, 6.45) is 4.23. The van der Waals surface area contributed by atoms with Crippen molar-refractivity contribution in [3.63, 3.8) is 0 Å². The highest BCUT2D eigenvalue weighted by molar-refractivity contribution is 6.10. The molecule has 3 heterocycles. The molecule has 1 saturated carbocycles. The number of hydrogen-bond acceptors (Lipinski definition) is 6. The molecular weight excluding hydrogens is 482 g/mol. The lowest BCUT2D eigenvalue weighted by Crippen LogP contribution is -2.28. The summed E-state index contributed by atoms with van der Waals surface area (Å²) in [5.41, 5.74) is 8.18. The Kier molecular flexibility index (Phi) is 5.83. The van der Waals surface area contributed by atoms with Gasteiger partial charge in [-0.15, -0.1) is 0 Å². The number of likely N-dealkylation sites (tertiary alicyclic amines) is 1. The van der Waals surface area contributed by atoms with Crippen molar-refractivity contribution in [1.29, 1.82) is 0 Å². The smallest absolute Gasteiger partial charge is 0.353 e. The predicted molar refractivity (Wildman–Crippen MR) is 143 cm³/mol. The number of nitrogens with zero attached hydrogens (tertiary/aromatic N) is 4. The van der Waals surface area contributed by atoms with Crippen LogP contribution in [0.15, 0.2) is 73.6 Å². The van der Waals surface area contributed by atoms with Crippen molar-refractivity contribution in [1.82, 2.24) is 19.4 Å². The van der Waals surface area contributed by atoms with E-state index in [1.54, 1.807) is 0 Å². The Hall–Kier alpha value is -4.66. The molecule has 0 bridgehead atoms. The molecule has 9 heteroatoms. The summed E-state index contributed by atoms with van der Waals surface area (Å²) in [5.74, 6) is 1.04. The number of anilines is 1. The summed E-state index contributed by atoms with van der Waals surface area (Å²) >= 11 is 0. The number of rotatable bonds is 6. The lowest BCUT2D eigenvalue weighted by Gasteiger charge is -2.20. The molecule has 2 unspecified atom stereocenters. The number of carbonyl (C=O) groups excluding carboxylic acids is 1. The highest BCUT2D eigenvalue weighted by Crippen LogP contribution is 2.48. The van der Waals surface area contributed by atoms with Gasteiger partial charge in [0.05, 0.1) is 5.39 Å². The van der Waals surface area contributed by atoms with Gasteiger partial charge < -0.3 is 25.0 Å². The largest absolute Gasteiger partial charge is 0.477 e. The maximum atomic E-state index is 12.8. The third-order valence-corrected chi connectivity index (χ3v) is 7.71. The number of nitrogen functional groups attached to an aromatic ring is 1. The molecule has 6 rings (SSSR count). The Morgan fingerprint density at radius 3 is 2.29 bits per heavy atom. The number of fused-ring (bicyclic) bond motifs is 2. The zero-order valence-corrected chi connectivity index (χ0v) is 20.7. The van der Waals surface area contributed by atoms with E-state index in [-0.39, 0.29) is 23.5 Å². The summed E-state index contributed by atoms with van der Waals surface area (Å²) in [6, 6.07) is 16.6. The number of para-hydroxylation sites is 1. The molecule has 192 valence electrons.